The van der Waals surface area contributed by atoms with Crippen molar-refractivity contribution in [2.75, 3.05) is 34.0 Å². The van der Waals surface area contributed by atoms with Crippen LogP contribution in [0.25, 0.3) is 33.5 Å². The highest BCUT2D eigenvalue weighted by Gasteiger charge is 2.15. The van der Waals surface area contributed by atoms with Gasteiger partial charge in [0.15, 0.2) is 0 Å². The van der Waals surface area contributed by atoms with Crippen molar-refractivity contribution < 1.29 is 19.0 Å². The van der Waals surface area contributed by atoms with Crippen molar-refractivity contribution in [3.05, 3.63) is 72.3 Å². The first kappa shape index (κ1) is 24.2. The zero-order chi connectivity index (χ0) is 24.6. The van der Waals surface area contributed by atoms with Gasteiger partial charge in [-0.15, -0.1) is 0 Å². The molecule has 4 aromatic rings. The molecule has 0 aliphatic rings. The Kier molecular flexibility index (Phi) is 7.90. The lowest BCUT2D eigenvalue weighted by Crippen LogP contribution is -2.25. The molecule has 4 rings (SSSR count). The Hall–Kier alpha value is -3.97. The predicted molar refractivity (Wildman–Crippen MR) is 137 cm³/mol. The van der Waals surface area contributed by atoms with E-state index < -0.39 is 0 Å². The fourth-order valence-corrected chi connectivity index (χ4v) is 3.72. The van der Waals surface area contributed by atoms with E-state index in [9.17, 15) is 4.79 Å². The summed E-state index contributed by atoms with van der Waals surface area (Å²) in [4.78, 5) is 22.6. The van der Waals surface area contributed by atoms with E-state index in [2.05, 4.69) is 5.32 Å². The molecule has 1 aromatic heterocycles. The van der Waals surface area contributed by atoms with Crippen molar-refractivity contribution in [1.82, 2.24) is 15.3 Å². The van der Waals surface area contributed by atoms with Crippen LogP contribution in [0, 0.1) is 0 Å². The molecular formula is C28H29N3O4. The smallest absolute Gasteiger partial charge is 0.251 e. The zero-order valence-corrected chi connectivity index (χ0v) is 20.2. The molecule has 0 fully saturated rings. The van der Waals surface area contributed by atoms with Crippen molar-refractivity contribution in [2.45, 2.75) is 13.3 Å². The fraction of sp³-hybridized carbons (Fsp3) is 0.250. The van der Waals surface area contributed by atoms with Crippen LogP contribution in [0.15, 0.2) is 66.7 Å². The third-order valence-corrected chi connectivity index (χ3v) is 5.61. The maximum atomic E-state index is 12.7. The summed E-state index contributed by atoms with van der Waals surface area (Å²) in [5, 5.41) is 2.94. The second-order valence-electron chi connectivity index (χ2n) is 7.89. The molecule has 0 aliphatic carbocycles. The molecule has 0 bridgehead atoms. The van der Waals surface area contributed by atoms with Crippen molar-refractivity contribution in [3.8, 4) is 34.0 Å². The summed E-state index contributed by atoms with van der Waals surface area (Å²) in [5.74, 6) is 1.39. The number of aromatic nitrogens is 2. The van der Waals surface area contributed by atoms with Gasteiger partial charge >= 0.3 is 0 Å². The second-order valence-corrected chi connectivity index (χ2v) is 7.89. The van der Waals surface area contributed by atoms with E-state index in [-0.39, 0.29) is 5.91 Å². The van der Waals surface area contributed by atoms with Gasteiger partial charge in [0.05, 0.1) is 36.6 Å². The van der Waals surface area contributed by atoms with Crippen LogP contribution in [0.5, 0.6) is 11.5 Å². The minimum Gasteiger partial charge on any atom is -0.497 e. The standard InChI is InChI=1S/C28H29N3O4/c1-4-35-17-5-16-29-28(32)21-10-15-24-25(18-21)31-27(20-8-13-23(34-3)14-9-20)26(30-24)19-6-11-22(33-2)12-7-19/h6-15,18H,4-5,16-17H2,1-3H3,(H,29,32). The molecule has 7 nitrogen and oxygen atoms in total. The molecule has 0 spiro atoms. The number of hydrogen-bond donors (Lipinski definition) is 1. The molecule has 0 saturated carbocycles. The molecule has 35 heavy (non-hydrogen) atoms. The number of carbonyl (C=O) groups excluding carboxylic acids is 1. The number of amides is 1. The summed E-state index contributed by atoms with van der Waals surface area (Å²) in [5.41, 5.74) is 5.19. The minimum atomic E-state index is -0.143. The van der Waals surface area contributed by atoms with Crippen LogP contribution in [0.1, 0.15) is 23.7 Å². The fourth-order valence-electron chi connectivity index (χ4n) is 3.72. The van der Waals surface area contributed by atoms with E-state index in [1.807, 2.05) is 61.5 Å². The summed E-state index contributed by atoms with van der Waals surface area (Å²) < 4.78 is 15.9. The number of rotatable bonds is 10. The third kappa shape index (κ3) is 5.75. The van der Waals surface area contributed by atoms with Gasteiger partial charge in [-0.25, -0.2) is 9.97 Å². The lowest BCUT2D eigenvalue weighted by Gasteiger charge is -2.12. The van der Waals surface area contributed by atoms with Gasteiger partial charge in [-0.3, -0.25) is 4.79 Å². The summed E-state index contributed by atoms with van der Waals surface area (Å²) in [6.45, 7) is 3.80. The number of carbonyl (C=O) groups is 1. The Morgan fingerprint density at radius 2 is 1.37 bits per heavy atom. The molecule has 0 radical (unpaired) electrons. The highest BCUT2D eigenvalue weighted by atomic mass is 16.5. The Morgan fingerprint density at radius 1 is 0.800 bits per heavy atom. The number of methoxy groups -OCH3 is 2. The van der Waals surface area contributed by atoms with Crippen LogP contribution in [-0.2, 0) is 4.74 Å². The molecule has 7 heteroatoms. The maximum absolute atomic E-state index is 12.7. The molecule has 180 valence electrons. The van der Waals surface area contributed by atoms with Crippen LogP contribution in [-0.4, -0.2) is 49.9 Å². The first-order valence-electron chi connectivity index (χ1n) is 11.6. The van der Waals surface area contributed by atoms with Gasteiger partial charge in [-0.1, -0.05) is 0 Å². The van der Waals surface area contributed by atoms with Crippen LogP contribution in [0.4, 0.5) is 0 Å². The summed E-state index contributed by atoms with van der Waals surface area (Å²) in [6.07, 6.45) is 0.764. The average Bonchev–Trinajstić information content (AvgIpc) is 2.92. The highest BCUT2D eigenvalue weighted by Crippen LogP contribution is 2.33. The van der Waals surface area contributed by atoms with E-state index in [1.54, 1.807) is 26.4 Å². The Bertz CT molecular complexity index is 1290. The molecular weight excluding hydrogens is 442 g/mol. The zero-order valence-electron chi connectivity index (χ0n) is 20.2. The first-order valence-corrected chi connectivity index (χ1v) is 11.6. The Morgan fingerprint density at radius 3 is 1.91 bits per heavy atom. The molecule has 0 aliphatic heterocycles. The van der Waals surface area contributed by atoms with E-state index in [0.717, 1.165) is 40.4 Å². The maximum Gasteiger partial charge on any atom is 0.251 e. The van der Waals surface area contributed by atoms with Gasteiger partial charge < -0.3 is 19.5 Å². The monoisotopic (exact) mass is 471 g/mol. The molecule has 0 unspecified atom stereocenters. The number of ether oxygens (including phenoxy) is 3. The summed E-state index contributed by atoms with van der Waals surface area (Å²) in [7, 11) is 3.28. The normalized spacial score (nSPS) is 10.8. The van der Waals surface area contributed by atoms with Crippen LogP contribution >= 0.6 is 0 Å². The first-order chi connectivity index (χ1) is 17.1. The van der Waals surface area contributed by atoms with Gasteiger partial charge in [0.2, 0.25) is 0 Å². The van der Waals surface area contributed by atoms with E-state index in [0.29, 0.717) is 36.4 Å². The van der Waals surface area contributed by atoms with Gasteiger partial charge in [0.1, 0.15) is 11.5 Å². The molecule has 1 N–H and O–H groups in total. The number of nitrogens with one attached hydrogen (secondary N) is 1. The molecule has 1 amide bonds. The van der Waals surface area contributed by atoms with Crippen molar-refractivity contribution >= 4 is 16.9 Å². The van der Waals surface area contributed by atoms with Crippen LogP contribution in [0.3, 0.4) is 0 Å². The SMILES string of the molecule is CCOCCCNC(=O)c1ccc2nc(-c3ccc(OC)cc3)c(-c3ccc(OC)cc3)nc2c1. The lowest BCUT2D eigenvalue weighted by atomic mass is 10.0. The molecule has 1 heterocycles. The largest absolute Gasteiger partial charge is 0.497 e. The topological polar surface area (TPSA) is 82.6 Å². The highest BCUT2D eigenvalue weighted by molar-refractivity contribution is 5.98. The number of fused-ring (bicyclic) bond motifs is 1. The minimum absolute atomic E-state index is 0.143. The Balaban J connectivity index is 1.72. The number of hydrogen-bond acceptors (Lipinski definition) is 6. The predicted octanol–water partition coefficient (Wildman–Crippen LogP) is 5.14. The van der Waals surface area contributed by atoms with E-state index in [1.165, 1.54) is 0 Å². The number of benzene rings is 3. The van der Waals surface area contributed by atoms with Gasteiger partial charge in [0.25, 0.3) is 5.91 Å². The quantitative estimate of drug-likeness (QED) is 0.323. The van der Waals surface area contributed by atoms with E-state index >= 15 is 0 Å². The second kappa shape index (κ2) is 11.4. The summed E-state index contributed by atoms with van der Waals surface area (Å²) in [6, 6.07) is 20.8. The lowest BCUT2D eigenvalue weighted by molar-refractivity contribution is 0.0944. The summed E-state index contributed by atoms with van der Waals surface area (Å²) >= 11 is 0. The number of nitrogens with zero attached hydrogens (tertiary/aromatic N) is 2. The molecule has 0 atom stereocenters. The van der Waals surface area contributed by atoms with Crippen molar-refractivity contribution in [2.24, 2.45) is 0 Å². The van der Waals surface area contributed by atoms with Crippen molar-refractivity contribution in [3.63, 3.8) is 0 Å². The van der Waals surface area contributed by atoms with Gasteiger partial charge in [-0.05, 0) is 80.1 Å². The third-order valence-electron chi connectivity index (χ3n) is 5.61. The Labute approximate surface area is 205 Å². The average molecular weight is 472 g/mol. The van der Waals surface area contributed by atoms with Crippen molar-refractivity contribution in [1.29, 1.82) is 0 Å². The van der Waals surface area contributed by atoms with Gasteiger partial charge in [0, 0.05) is 36.4 Å². The van der Waals surface area contributed by atoms with Crippen LogP contribution in [0.2, 0.25) is 0 Å². The molecule has 3 aromatic carbocycles. The van der Waals surface area contributed by atoms with Gasteiger partial charge in [-0.2, -0.15) is 0 Å². The van der Waals surface area contributed by atoms with E-state index in [4.69, 9.17) is 24.2 Å². The molecule has 0 saturated heterocycles. The van der Waals surface area contributed by atoms with Crippen LogP contribution < -0.4 is 14.8 Å².